The molecule has 28 heavy (non-hydrogen) atoms. The summed E-state index contributed by atoms with van der Waals surface area (Å²) in [6.45, 7) is 0.857. The van der Waals surface area contributed by atoms with E-state index >= 15 is 0 Å². The molecule has 7 nitrogen and oxygen atoms in total. The van der Waals surface area contributed by atoms with E-state index in [-0.39, 0.29) is 18.9 Å². The van der Waals surface area contributed by atoms with Gasteiger partial charge in [0.25, 0.3) is 0 Å². The highest BCUT2D eigenvalue weighted by Gasteiger charge is 2.41. The number of urea groups is 1. The molecule has 5 rings (SSSR count). The molecule has 2 aromatic carbocycles. The Morgan fingerprint density at radius 1 is 1.18 bits per heavy atom. The van der Waals surface area contributed by atoms with Gasteiger partial charge in [-0.15, -0.1) is 0 Å². The normalized spacial score (nSPS) is 18.2. The van der Waals surface area contributed by atoms with Crippen molar-refractivity contribution in [3.05, 3.63) is 34.9 Å². The zero-order valence-electron chi connectivity index (χ0n) is 16.1. The van der Waals surface area contributed by atoms with Gasteiger partial charge in [-0.3, -0.25) is 0 Å². The lowest BCUT2D eigenvalue weighted by molar-refractivity contribution is 0.169. The number of ether oxygens (including phenoxy) is 4. The van der Waals surface area contributed by atoms with Gasteiger partial charge in [0, 0.05) is 24.7 Å². The molecule has 0 unspecified atom stereocenters. The highest BCUT2D eigenvalue weighted by atomic mass is 16.7. The Balaban J connectivity index is 1.83. The van der Waals surface area contributed by atoms with Crippen molar-refractivity contribution in [1.82, 2.24) is 10.2 Å². The number of hydrogen-bond acceptors (Lipinski definition) is 5. The summed E-state index contributed by atoms with van der Waals surface area (Å²) in [5.41, 5.74) is 5.34. The van der Waals surface area contributed by atoms with E-state index in [0.717, 1.165) is 40.2 Å². The van der Waals surface area contributed by atoms with Gasteiger partial charge in [0.15, 0.2) is 23.0 Å². The van der Waals surface area contributed by atoms with E-state index in [1.54, 1.807) is 21.3 Å². The lowest BCUT2D eigenvalue weighted by atomic mass is 9.76. The molecule has 2 aromatic rings. The molecule has 146 valence electrons. The van der Waals surface area contributed by atoms with Gasteiger partial charge < -0.3 is 29.2 Å². The third kappa shape index (κ3) is 2.19. The number of rotatable bonds is 2. The molecule has 2 aliphatic heterocycles. The summed E-state index contributed by atoms with van der Waals surface area (Å²) >= 11 is 0. The fraction of sp³-hybridized carbons (Fsp3) is 0.381. The van der Waals surface area contributed by atoms with Crippen LogP contribution < -0.4 is 24.3 Å². The van der Waals surface area contributed by atoms with Crippen molar-refractivity contribution in [2.45, 2.75) is 18.9 Å². The minimum atomic E-state index is -0.0665. The number of amides is 2. The predicted molar refractivity (Wildman–Crippen MR) is 102 cm³/mol. The monoisotopic (exact) mass is 382 g/mol. The second kappa shape index (κ2) is 6.22. The van der Waals surface area contributed by atoms with Crippen LogP contribution in [0.3, 0.4) is 0 Å². The van der Waals surface area contributed by atoms with Gasteiger partial charge in [0.05, 0.1) is 20.3 Å². The predicted octanol–water partition coefficient (Wildman–Crippen LogP) is 2.89. The van der Waals surface area contributed by atoms with E-state index in [1.807, 2.05) is 17.0 Å². The van der Waals surface area contributed by atoms with Crippen LogP contribution in [0, 0.1) is 0 Å². The van der Waals surface area contributed by atoms with Crippen LogP contribution in [0.2, 0.25) is 0 Å². The first-order valence-corrected chi connectivity index (χ1v) is 9.35. The summed E-state index contributed by atoms with van der Waals surface area (Å²) in [6.07, 6.45) is 1.48. The van der Waals surface area contributed by atoms with Gasteiger partial charge in [-0.25, -0.2) is 4.79 Å². The second-order valence-electron chi connectivity index (χ2n) is 7.11. The van der Waals surface area contributed by atoms with E-state index < -0.39 is 0 Å². The number of hydrogen-bond donors (Lipinski definition) is 1. The lowest BCUT2D eigenvalue weighted by Gasteiger charge is -2.41. The third-order valence-electron chi connectivity index (χ3n) is 5.89. The smallest absolute Gasteiger partial charge is 0.317 e. The Kier molecular flexibility index (Phi) is 3.79. The van der Waals surface area contributed by atoms with Crippen LogP contribution in [0.4, 0.5) is 4.79 Å². The molecule has 1 atom stereocenters. The Morgan fingerprint density at radius 2 is 2.04 bits per heavy atom. The topological polar surface area (TPSA) is 69.3 Å². The quantitative estimate of drug-likeness (QED) is 0.865. The standard InChI is InChI=1S/C21H22N2O5/c1-22-21(24)23-7-6-12-9-15-20(28-10-27-15)18-16(12)13(23)8-11-4-5-14(25-2)19(26-3)17(11)18/h4-5,9,13H,6-8,10H2,1-3H3,(H,22,24)/t13-/m1/s1. The maximum Gasteiger partial charge on any atom is 0.317 e. The minimum absolute atomic E-state index is 0.0567. The van der Waals surface area contributed by atoms with Gasteiger partial charge in [-0.1, -0.05) is 6.07 Å². The molecule has 0 bridgehead atoms. The van der Waals surface area contributed by atoms with Gasteiger partial charge >= 0.3 is 6.03 Å². The summed E-state index contributed by atoms with van der Waals surface area (Å²) in [4.78, 5) is 14.5. The van der Waals surface area contributed by atoms with Crippen LogP contribution in [0.15, 0.2) is 18.2 Å². The summed E-state index contributed by atoms with van der Waals surface area (Å²) in [5, 5.41) is 2.78. The fourth-order valence-corrected chi connectivity index (χ4v) is 4.72. The maximum atomic E-state index is 12.6. The number of benzene rings is 2. The van der Waals surface area contributed by atoms with E-state index in [0.29, 0.717) is 24.5 Å². The molecule has 2 heterocycles. The van der Waals surface area contributed by atoms with Crippen molar-refractivity contribution in [2.75, 3.05) is 34.6 Å². The fourth-order valence-electron chi connectivity index (χ4n) is 4.72. The first-order chi connectivity index (χ1) is 13.7. The van der Waals surface area contributed by atoms with Gasteiger partial charge in [-0.2, -0.15) is 0 Å². The summed E-state index contributed by atoms with van der Waals surface area (Å²) in [7, 11) is 4.95. The van der Waals surface area contributed by atoms with Crippen LogP contribution in [0.25, 0.3) is 11.1 Å². The van der Waals surface area contributed by atoms with Crippen LogP contribution in [0.1, 0.15) is 22.7 Å². The SMILES string of the molecule is CNC(=O)N1CCc2cc3c(c4c2[C@H]1Cc1ccc(OC)c(OC)c1-4)OCO3. The summed E-state index contributed by atoms with van der Waals surface area (Å²) in [5.74, 6) is 2.82. The third-order valence-corrected chi connectivity index (χ3v) is 5.89. The molecule has 2 amide bonds. The maximum absolute atomic E-state index is 12.6. The van der Waals surface area contributed by atoms with Crippen molar-refractivity contribution >= 4 is 6.03 Å². The van der Waals surface area contributed by atoms with Gasteiger partial charge in [-0.05, 0) is 41.7 Å². The summed E-state index contributed by atoms with van der Waals surface area (Å²) < 4.78 is 22.9. The number of nitrogens with zero attached hydrogens (tertiary/aromatic N) is 1. The van der Waals surface area contributed by atoms with E-state index in [1.165, 1.54) is 5.56 Å². The number of methoxy groups -OCH3 is 2. The molecule has 0 saturated carbocycles. The van der Waals surface area contributed by atoms with Crippen LogP contribution >= 0.6 is 0 Å². The van der Waals surface area contributed by atoms with Crippen molar-refractivity contribution in [1.29, 1.82) is 0 Å². The minimum Gasteiger partial charge on any atom is -0.493 e. The van der Waals surface area contributed by atoms with Gasteiger partial charge in [0.2, 0.25) is 6.79 Å². The number of carbonyl (C=O) groups is 1. The number of fused-ring (bicyclic) bond motifs is 4. The number of carbonyl (C=O) groups excluding carboxylic acids is 1. The zero-order valence-corrected chi connectivity index (χ0v) is 16.1. The van der Waals surface area contributed by atoms with E-state index in [9.17, 15) is 4.79 Å². The van der Waals surface area contributed by atoms with Crippen molar-refractivity contribution in [3.63, 3.8) is 0 Å². The van der Waals surface area contributed by atoms with Crippen LogP contribution in [-0.4, -0.2) is 45.5 Å². The summed E-state index contributed by atoms with van der Waals surface area (Å²) in [6, 6.07) is 5.90. The van der Waals surface area contributed by atoms with Crippen LogP contribution in [0.5, 0.6) is 23.0 Å². The van der Waals surface area contributed by atoms with Crippen molar-refractivity contribution < 1.29 is 23.7 Å². The second-order valence-corrected chi connectivity index (χ2v) is 7.11. The molecule has 0 fully saturated rings. The molecule has 7 heteroatoms. The molecule has 1 aliphatic carbocycles. The zero-order chi connectivity index (χ0) is 19.4. The number of nitrogens with one attached hydrogen (secondary N) is 1. The molecule has 0 radical (unpaired) electrons. The van der Waals surface area contributed by atoms with Crippen LogP contribution in [-0.2, 0) is 12.8 Å². The first kappa shape index (κ1) is 17.0. The first-order valence-electron chi connectivity index (χ1n) is 9.35. The average molecular weight is 382 g/mol. The molecular formula is C21H22N2O5. The molecule has 0 spiro atoms. The molecule has 0 saturated heterocycles. The lowest BCUT2D eigenvalue weighted by Crippen LogP contribution is -2.46. The largest absolute Gasteiger partial charge is 0.493 e. The molecular weight excluding hydrogens is 360 g/mol. The average Bonchev–Trinajstić information content (AvgIpc) is 3.20. The molecule has 3 aliphatic rings. The highest BCUT2D eigenvalue weighted by Crippen LogP contribution is 2.57. The Bertz CT molecular complexity index is 987. The highest BCUT2D eigenvalue weighted by molar-refractivity contribution is 5.90. The Morgan fingerprint density at radius 3 is 2.79 bits per heavy atom. The van der Waals surface area contributed by atoms with Gasteiger partial charge in [0.1, 0.15) is 0 Å². The Labute approximate surface area is 163 Å². The van der Waals surface area contributed by atoms with Crippen molar-refractivity contribution in [3.8, 4) is 34.1 Å². The van der Waals surface area contributed by atoms with E-state index in [4.69, 9.17) is 18.9 Å². The Hall–Kier alpha value is -3.09. The van der Waals surface area contributed by atoms with Crippen molar-refractivity contribution in [2.24, 2.45) is 0 Å². The van der Waals surface area contributed by atoms with E-state index in [2.05, 4.69) is 11.4 Å². The molecule has 0 aromatic heterocycles. The molecule has 1 N–H and O–H groups in total.